The molecule has 1 N–H and O–H groups in total. The monoisotopic (exact) mass is 389 g/mol. The fraction of sp³-hybridized carbons (Fsp3) is 0.130. The molecule has 1 aromatic heterocycles. The number of nitrogens with one attached hydrogen (secondary N) is 1. The summed E-state index contributed by atoms with van der Waals surface area (Å²) in [7, 11) is 1.53. The van der Waals surface area contributed by atoms with Gasteiger partial charge in [0, 0.05) is 16.8 Å². The predicted molar refractivity (Wildman–Crippen MR) is 110 cm³/mol. The molecule has 6 heteroatoms. The lowest BCUT2D eigenvalue weighted by atomic mass is 10.1. The number of esters is 1. The Morgan fingerprint density at radius 2 is 1.66 bits per heavy atom. The first-order valence-electron chi connectivity index (χ1n) is 9.13. The quantitative estimate of drug-likeness (QED) is 0.497. The Kier molecular flexibility index (Phi) is 4.91. The van der Waals surface area contributed by atoms with Crippen molar-refractivity contribution in [2.24, 2.45) is 0 Å². The van der Waals surface area contributed by atoms with E-state index in [1.54, 1.807) is 36.4 Å². The first-order chi connectivity index (χ1) is 14.1. The standard InChI is InChI=1S/C23H19NO5/c1-14(28-23(26)15-8-4-3-5-9-15)22(25)24-18-13-20-17(12-21(18)27-2)16-10-6-7-11-19(16)29-20/h3-14H,1-2H3,(H,24,25). The molecule has 3 aromatic carbocycles. The highest BCUT2D eigenvalue weighted by Crippen LogP contribution is 2.36. The molecule has 146 valence electrons. The zero-order valence-electron chi connectivity index (χ0n) is 16.0. The van der Waals surface area contributed by atoms with E-state index in [9.17, 15) is 9.59 Å². The lowest BCUT2D eigenvalue weighted by Crippen LogP contribution is -2.30. The van der Waals surface area contributed by atoms with E-state index in [0.717, 1.165) is 16.4 Å². The van der Waals surface area contributed by atoms with Crippen LogP contribution in [0.2, 0.25) is 0 Å². The zero-order chi connectivity index (χ0) is 20.4. The van der Waals surface area contributed by atoms with E-state index < -0.39 is 18.0 Å². The number of hydrogen-bond acceptors (Lipinski definition) is 5. The molecule has 1 atom stereocenters. The van der Waals surface area contributed by atoms with Crippen LogP contribution in [0.3, 0.4) is 0 Å². The van der Waals surface area contributed by atoms with Crippen LogP contribution in [0.25, 0.3) is 21.9 Å². The van der Waals surface area contributed by atoms with E-state index >= 15 is 0 Å². The Morgan fingerprint density at radius 1 is 0.931 bits per heavy atom. The number of anilines is 1. The normalized spacial score (nSPS) is 11.9. The van der Waals surface area contributed by atoms with Gasteiger partial charge in [-0.05, 0) is 31.2 Å². The van der Waals surface area contributed by atoms with Crippen molar-refractivity contribution in [1.82, 2.24) is 0 Å². The maximum absolute atomic E-state index is 12.6. The van der Waals surface area contributed by atoms with Crippen LogP contribution in [-0.2, 0) is 9.53 Å². The summed E-state index contributed by atoms with van der Waals surface area (Å²) in [4.78, 5) is 24.7. The number of rotatable bonds is 5. The summed E-state index contributed by atoms with van der Waals surface area (Å²) < 4.78 is 16.6. The van der Waals surface area contributed by atoms with E-state index in [1.807, 2.05) is 30.3 Å². The number of carbonyl (C=O) groups is 2. The highest BCUT2D eigenvalue weighted by Gasteiger charge is 2.21. The Labute approximate surface area is 167 Å². The van der Waals surface area contributed by atoms with Gasteiger partial charge in [0.05, 0.1) is 18.4 Å². The molecule has 6 nitrogen and oxygen atoms in total. The third-order valence-electron chi connectivity index (χ3n) is 4.62. The lowest BCUT2D eigenvalue weighted by molar-refractivity contribution is -0.123. The third-order valence-corrected chi connectivity index (χ3v) is 4.62. The van der Waals surface area contributed by atoms with Crippen LogP contribution in [-0.4, -0.2) is 25.1 Å². The van der Waals surface area contributed by atoms with Crippen LogP contribution < -0.4 is 10.1 Å². The average Bonchev–Trinajstić information content (AvgIpc) is 3.11. The van der Waals surface area contributed by atoms with Crippen molar-refractivity contribution in [1.29, 1.82) is 0 Å². The molecule has 1 amide bonds. The van der Waals surface area contributed by atoms with Crippen molar-refractivity contribution in [2.75, 3.05) is 12.4 Å². The molecule has 4 rings (SSSR count). The predicted octanol–water partition coefficient (Wildman–Crippen LogP) is 4.78. The largest absolute Gasteiger partial charge is 0.495 e. The molecule has 0 radical (unpaired) electrons. The molecule has 0 saturated carbocycles. The number of ether oxygens (including phenoxy) is 2. The maximum Gasteiger partial charge on any atom is 0.338 e. The number of fused-ring (bicyclic) bond motifs is 3. The van der Waals surface area contributed by atoms with Gasteiger partial charge in [-0.2, -0.15) is 0 Å². The number of carbonyl (C=O) groups excluding carboxylic acids is 2. The average molecular weight is 389 g/mol. The summed E-state index contributed by atoms with van der Waals surface area (Å²) in [6.07, 6.45) is -0.987. The molecule has 0 aliphatic rings. The molecular formula is C23H19NO5. The van der Waals surface area contributed by atoms with Gasteiger partial charge < -0.3 is 19.2 Å². The van der Waals surface area contributed by atoms with E-state index in [2.05, 4.69) is 5.32 Å². The van der Waals surface area contributed by atoms with Crippen LogP contribution in [0.4, 0.5) is 5.69 Å². The zero-order valence-corrected chi connectivity index (χ0v) is 16.0. The van der Waals surface area contributed by atoms with Gasteiger partial charge in [-0.3, -0.25) is 4.79 Å². The van der Waals surface area contributed by atoms with E-state index in [1.165, 1.54) is 14.0 Å². The van der Waals surface area contributed by atoms with E-state index in [-0.39, 0.29) is 0 Å². The summed E-state index contributed by atoms with van der Waals surface area (Å²) in [5, 5.41) is 4.60. The number of hydrogen-bond donors (Lipinski definition) is 1. The fourth-order valence-corrected chi connectivity index (χ4v) is 3.11. The molecule has 29 heavy (non-hydrogen) atoms. The van der Waals surface area contributed by atoms with Crippen molar-refractivity contribution in [3.63, 3.8) is 0 Å². The number of benzene rings is 3. The summed E-state index contributed by atoms with van der Waals surface area (Å²) >= 11 is 0. The topological polar surface area (TPSA) is 77.8 Å². The smallest absolute Gasteiger partial charge is 0.338 e. The Hall–Kier alpha value is -3.80. The van der Waals surface area contributed by atoms with Crippen molar-refractivity contribution in [2.45, 2.75) is 13.0 Å². The minimum Gasteiger partial charge on any atom is -0.495 e. The molecule has 0 saturated heterocycles. The minimum atomic E-state index is -0.987. The van der Waals surface area contributed by atoms with E-state index in [0.29, 0.717) is 22.6 Å². The Bertz CT molecular complexity index is 1200. The molecule has 0 aliphatic carbocycles. The van der Waals surface area contributed by atoms with Crippen LogP contribution in [0, 0.1) is 0 Å². The van der Waals surface area contributed by atoms with Gasteiger partial charge in [0.25, 0.3) is 5.91 Å². The summed E-state index contributed by atoms with van der Waals surface area (Å²) in [6.45, 7) is 1.52. The lowest BCUT2D eigenvalue weighted by Gasteiger charge is -2.15. The molecule has 0 spiro atoms. The molecule has 1 unspecified atom stereocenters. The highest BCUT2D eigenvalue weighted by molar-refractivity contribution is 6.08. The van der Waals surface area contributed by atoms with Crippen molar-refractivity contribution in [3.8, 4) is 5.75 Å². The SMILES string of the molecule is COc1cc2c(cc1NC(=O)C(C)OC(=O)c1ccccc1)oc1ccccc12. The summed E-state index contributed by atoms with van der Waals surface area (Å²) in [5.41, 5.74) is 2.19. The maximum atomic E-state index is 12.6. The van der Waals surface area contributed by atoms with Gasteiger partial charge in [0.15, 0.2) is 6.10 Å². The van der Waals surface area contributed by atoms with Gasteiger partial charge in [0.2, 0.25) is 0 Å². The van der Waals surface area contributed by atoms with Gasteiger partial charge >= 0.3 is 5.97 Å². The van der Waals surface area contributed by atoms with Crippen LogP contribution >= 0.6 is 0 Å². The molecule has 0 aliphatic heterocycles. The van der Waals surface area contributed by atoms with Gasteiger partial charge in [-0.1, -0.05) is 36.4 Å². The first kappa shape index (κ1) is 18.6. The summed E-state index contributed by atoms with van der Waals surface area (Å²) in [5.74, 6) is -0.546. The molecule has 0 bridgehead atoms. The van der Waals surface area contributed by atoms with Crippen LogP contribution in [0.1, 0.15) is 17.3 Å². The second-order valence-corrected chi connectivity index (χ2v) is 6.55. The van der Waals surface area contributed by atoms with Crippen LogP contribution in [0.5, 0.6) is 5.75 Å². The van der Waals surface area contributed by atoms with Crippen molar-refractivity contribution < 1.29 is 23.5 Å². The highest BCUT2D eigenvalue weighted by atomic mass is 16.5. The molecule has 1 heterocycles. The fourth-order valence-electron chi connectivity index (χ4n) is 3.11. The van der Waals surface area contributed by atoms with E-state index in [4.69, 9.17) is 13.9 Å². The van der Waals surface area contributed by atoms with Crippen molar-refractivity contribution in [3.05, 3.63) is 72.3 Å². The second-order valence-electron chi connectivity index (χ2n) is 6.55. The second kappa shape index (κ2) is 7.67. The number of para-hydroxylation sites is 1. The number of furan rings is 1. The molecule has 0 fully saturated rings. The summed E-state index contributed by atoms with van der Waals surface area (Å²) in [6, 6.07) is 19.7. The van der Waals surface area contributed by atoms with Gasteiger partial charge in [-0.15, -0.1) is 0 Å². The molecule has 4 aromatic rings. The number of methoxy groups -OCH3 is 1. The van der Waals surface area contributed by atoms with Crippen molar-refractivity contribution >= 4 is 39.5 Å². The Morgan fingerprint density at radius 3 is 2.41 bits per heavy atom. The first-order valence-corrected chi connectivity index (χ1v) is 9.13. The Balaban J connectivity index is 1.57. The minimum absolute atomic E-state index is 0.383. The van der Waals surface area contributed by atoms with Crippen LogP contribution in [0.15, 0.2) is 71.1 Å². The molecular weight excluding hydrogens is 370 g/mol. The third kappa shape index (κ3) is 3.65. The van der Waals surface area contributed by atoms with Gasteiger partial charge in [-0.25, -0.2) is 4.79 Å². The number of amides is 1. The van der Waals surface area contributed by atoms with Gasteiger partial charge in [0.1, 0.15) is 16.9 Å².